The van der Waals surface area contributed by atoms with E-state index in [0.717, 1.165) is 41.7 Å². The van der Waals surface area contributed by atoms with Crippen LogP contribution in [0.3, 0.4) is 0 Å². The smallest absolute Gasteiger partial charge is 0.0753 e. The molecule has 0 spiro atoms. The molecule has 1 aliphatic rings. The summed E-state index contributed by atoms with van der Waals surface area (Å²) in [5.74, 6) is 0. The summed E-state index contributed by atoms with van der Waals surface area (Å²) in [6.45, 7) is 9.34. The quantitative estimate of drug-likeness (QED) is 0.915. The molecule has 4 heteroatoms. The number of rotatable bonds is 3. The lowest BCUT2D eigenvalue weighted by molar-refractivity contribution is -0.0970. The molecule has 0 bridgehead atoms. The van der Waals surface area contributed by atoms with E-state index in [9.17, 15) is 5.11 Å². The molecule has 108 valence electrons. The minimum atomic E-state index is -0.618. The summed E-state index contributed by atoms with van der Waals surface area (Å²) in [4.78, 5) is 0. The molecule has 1 atom stereocenters. The van der Waals surface area contributed by atoms with Crippen molar-refractivity contribution in [1.82, 2.24) is 9.78 Å². The van der Waals surface area contributed by atoms with Crippen LogP contribution < -0.4 is 0 Å². The van der Waals surface area contributed by atoms with Crippen LogP contribution in [0.15, 0.2) is 4.47 Å². The molecule has 2 rings (SSSR count). The molecular formula is C15H25BrN2O. The first-order valence-electron chi connectivity index (χ1n) is 7.25. The van der Waals surface area contributed by atoms with Crippen molar-refractivity contribution in [2.24, 2.45) is 5.41 Å². The largest absolute Gasteiger partial charge is 0.389 e. The van der Waals surface area contributed by atoms with Crippen molar-refractivity contribution in [3.05, 3.63) is 15.9 Å². The maximum absolute atomic E-state index is 11.1. The number of nitrogens with zero attached hydrogens (tertiary/aromatic N) is 2. The predicted molar refractivity (Wildman–Crippen MR) is 81.2 cm³/mol. The van der Waals surface area contributed by atoms with Crippen molar-refractivity contribution in [3.8, 4) is 0 Å². The Balaban J connectivity index is 2.34. The van der Waals surface area contributed by atoms with Gasteiger partial charge in [0.05, 0.1) is 21.5 Å². The molecule has 1 aromatic heterocycles. The van der Waals surface area contributed by atoms with Gasteiger partial charge in [-0.1, -0.05) is 26.7 Å². The lowest BCUT2D eigenvalue weighted by Crippen LogP contribution is -2.49. The predicted octanol–water partition coefficient (Wildman–Crippen LogP) is 3.85. The number of aromatic nitrogens is 2. The second-order valence-electron chi connectivity index (χ2n) is 6.46. The minimum absolute atomic E-state index is 0.0264. The maximum Gasteiger partial charge on any atom is 0.0753 e. The van der Waals surface area contributed by atoms with E-state index < -0.39 is 5.60 Å². The lowest BCUT2D eigenvalue weighted by Gasteiger charge is -2.46. The van der Waals surface area contributed by atoms with Crippen LogP contribution in [0.2, 0.25) is 0 Å². The van der Waals surface area contributed by atoms with Gasteiger partial charge in [-0.2, -0.15) is 5.10 Å². The van der Waals surface area contributed by atoms with Gasteiger partial charge in [0.1, 0.15) is 0 Å². The van der Waals surface area contributed by atoms with Crippen molar-refractivity contribution in [2.75, 3.05) is 0 Å². The summed E-state index contributed by atoms with van der Waals surface area (Å²) >= 11 is 3.64. The Morgan fingerprint density at radius 1 is 1.32 bits per heavy atom. The van der Waals surface area contributed by atoms with Gasteiger partial charge in [0, 0.05) is 13.0 Å². The van der Waals surface area contributed by atoms with Gasteiger partial charge in [-0.25, -0.2) is 0 Å². The first kappa shape index (κ1) is 15.0. The molecule has 1 unspecified atom stereocenters. The molecule has 1 aliphatic carbocycles. The maximum atomic E-state index is 11.1. The second kappa shape index (κ2) is 5.21. The van der Waals surface area contributed by atoms with E-state index in [0.29, 0.717) is 6.42 Å². The molecule has 1 saturated carbocycles. The molecule has 0 aromatic carbocycles. The normalized spacial score (nSPS) is 26.6. The molecule has 0 amide bonds. The zero-order valence-corrected chi connectivity index (χ0v) is 14.0. The van der Waals surface area contributed by atoms with E-state index in [1.54, 1.807) is 0 Å². The highest BCUT2D eigenvalue weighted by atomic mass is 79.9. The molecule has 1 aromatic rings. The Labute approximate surface area is 124 Å². The van der Waals surface area contributed by atoms with E-state index in [2.05, 4.69) is 41.8 Å². The van der Waals surface area contributed by atoms with Crippen molar-refractivity contribution in [1.29, 1.82) is 0 Å². The monoisotopic (exact) mass is 328 g/mol. The molecule has 0 aliphatic heterocycles. The number of hydrogen-bond donors (Lipinski definition) is 1. The van der Waals surface area contributed by atoms with Crippen molar-refractivity contribution in [3.63, 3.8) is 0 Å². The first-order valence-corrected chi connectivity index (χ1v) is 8.04. The molecular weight excluding hydrogens is 304 g/mol. The zero-order chi connectivity index (χ0) is 14.3. The van der Waals surface area contributed by atoms with E-state index in [1.165, 1.54) is 6.42 Å². The summed E-state index contributed by atoms with van der Waals surface area (Å²) in [6.07, 6.45) is 5.02. The highest BCUT2D eigenvalue weighted by Crippen LogP contribution is 2.46. The van der Waals surface area contributed by atoms with Crippen LogP contribution in [0.4, 0.5) is 0 Å². The first-order chi connectivity index (χ1) is 8.81. The third-order valence-electron chi connectivity index (χ3n) is 4.81. The van der Waals surface area contributed by atoms with Crippen LogP contribution in [-0.2, 0) is 13.0 Å². The molecule has 1 heterocycles. The molecule has 0 radical (unpaired) electrons. The van der Waals surface area contributed by atoms with Crippen LogP contribution in [0.25, 0.3) is 0 Å². The average Bonchev–Trinajstić information content (AvgIpc) is 2.61. The molecule has 3 nitrogen and oxygen atoms in total. The van der Waals surface area contributed by atoms with Gasteiger partial charge in [0.25, 0.3) is 0 Å². The van der Waals surface area contributed by atoms with Crippen LogP contribution in [0, 0.1) is 12.3 Å². The van der Waals surface area contributed by atoms with E-state index >= 15 is 0 Å². The van der Waals surface area contributed by atoms with Crippen LogP contribution in [0.5, 0.6) is 0 Å². The molecule has 0 saturated heterocycles. The fourth-order valence-electron chi connectivity index (χ4n) is 3.20. The van der Waals surface area contributed by atoms with Crippen molar-refractivity contribution < 1.29 is 5.11 Å². The van der Waals surface area contributed by atoms with Crippen LogP contribution in [0.1, 0.15) is 57.8 Å². The fraction of sp³-hybridized carbons (Fsp3) is 0.800. The number of aliphatic hydroxyl groups is 1. The summed E-state index contributed by atoms with van der Waals surface area (Å²) in [5.41, 5.74) is 1.50. The highest BCUT2D eigenvalue weighted by Gasteiger charge is 2.45. The average molecular weight is 329 g/mol. The summed E-state index contributed by atoms with van der Waals surface area (Å²) < 4.78 is 3.08. The van der Waals surface area contributed by atoms with Gasteiger partial charge in [-0.05, 0) is 48.0 Å². The van der Waals surface area contributed by atoms with Crippen molar-refractivity contribution in [2.45, 2.75) is 71.9 Å². The SMILES string of the molecule is CCn1nc(C)c(Br)c1CC1(O)CCCCC1(C)C. The van der Waals surface area contributed by atoms with E-state index in [-0.39, 0.29) is 5.41 Å². The van der Waals surface area contributed by atoms with Gasteiger partial charge in [0.2, 0.25) is 0 Å². The second-order valence-corrected chi connectivity index (χ2v) is 7.25. The van der Waals surface area contributed by atoms with Crippen LogP contribution >= 0.6 is 15.9 Å². The Morgan fingerprint density at radius 3 is 2.53 bits per heavy atom. The molecule has 1 N–H and O–H groups in total. The van der Waals surface area contributed by atoms with Crippen molar-refractivity contribution >= 4 is 15.9 Å². The summed E-state index contributed by atoms with van der Waals surface area (Å²) in [6, 6.07) is 0. The van der Waals surface area contributed by atoms with Gasteiger partial charge >= 0.3 is 0 Å². The van der Waals surface area contributed by atoms with Crippen LogP contribution in [-0.4, -0.2) is 20.5 Å². The minimum Gasteiger partial charge on any atom is -0.389 e. The molecule has 1 fully saturated rings. The summed E-state index contributed by atoms with van der Waals surface area (Å²) in [5, 5.41) is 15.7. The Hall–Kier alpha value is -0.350. The Morgan fingerprint density at radius 2 is 1.95 bits per heavy atom. The van der Waals surface area contributed by atoms with E-state index in [1.807, 2.05) is 11.6 Å². The lowest BCUT2D eigenvalue weighted by atomic mass is 9.63. The zero-order valence-electron chi connectivity index (χ0n) is 12.5. The third-order valence-corrected chi connectivity index (χ3v) is 5.85. The molecule has 19 heavy (non-hydrogen) atoms. The summed E-state index contributed by atoms with van der Waals surface area (Å²) in [7, 11) is 0. The number of halogens is 1. The standard InChI is InChI=1S/C15H25BrN2O/c1-5-18-12(13(16)11(2)17-18)10-15(19)9-7-6-8-14(15,3)4/h19H,5-10H2,1-4H3. The van der Waals surface area contributed by atoms with Gasteiger partial charge in [0.15, 0.2) is 0 Å². The fourth-order valence-corrected chi connectivity index (χ4v) is 3.62. The van der Waals surface area contributed by atoms with Gasteiger partial charge < -0.3 is 5.11 Å². The van der Waals surface area contributed by atoms with Gasteiger partial charge in [-0.15, -0.1) is 0 Å². The number of aryl methyl sites for hydroxylation is 2. The van der Waals surface area contributed by atoms with E-state index in [4.69, 9.17) is 0 Å². The third kappa shape index (κ3) is 2.62. The topological polar surface area (TPSA) is 38.0 Å². The Bertz CT molecular complexity index is 467. The highest BCUT2D eigenvalue weighted by molar-refractivity contribution is 9.10. The van der Waals surface area contributed by atoms with Gasteiger partial charge in [-0.3, -0.25) is 4.68 Å². The Kier molecular flexibility index (Phi) is 4.12. The number of hydrogen-bond acceptors (Lipinski definition) is 2.